The van der Waals surface area contributed by atoms with E-state index in [1.807, 2.05) is 10.8 Å². The number of nitrogens with zero attached hydrogens (tertiary/aromatic N) is 2. The van der Waals surface area contributed by atoms with Crippen LogP contribution >= 0.6 is 11.6 Å². The Balaban J connectivity index is 3.01. The van der Waals surface area contributed by atoms with Gasteiger partial charge in [0.15, 0.2) is 0 Å². The van der Waals surface area contributed by atoms with E-state index in [-0.39, 0.29) is 0 Å². The van der Waals surface area contributed by atoms with E-state index in [1.54, 1.807) is 6.20 Å². The van der Waals surface area contributed by atoms with Gasteiger partial charge >= 0.3 is 0 Å². The number of aromatic nitrogens is 2. The fourth-order valence-corrected chi connectivity index (χ4v) is 1.10. The fourth-order valence-electron chi connectivity index (χ4n) is 0.972. The van der Waals surface area contributed by atoms with E-state index in [0.717, 1.165) is 17.9 Å². The molecule has 1 rings (SSSR count). The Morgan fingerprint density at radius 2 is 2.55 bits per heavy atom. The highest BCUT2D eigenvalue weighted by molar-refractivity contribution is 6.16. The van der Waals surface area contributed by atoms with Crippen LogP contribution in [0.3, 0.4) is 0 Å². The summed E-state index contributed by atoms with van der Waals surface area (Å²) < 4.78 is 1.90. The predicted molar refractivity (Wildman–Crippen MR) is 47.5 cm³/mol. The maximum absolute atomic E-state index is 5.62. The van der Waals surface area contributed by atoms with Crippen LogP contribution in [0.25, 0.3) is 6.20 Å². The topological polar surface area (TPSA) is 17.8 Å². The molecule has 0 N–H and O–H groups in total. The molecule has 0 aliphatic heterocycles. The van der Waals surface area contributed by atoms with Gasteiger partial charge < -0.3 is 4.57 Å². The number of hydrogen-bond acceptors (Lipinski definition) is 1. The van der Waals surface area contributed by atoms with Gasteiger partial charge in [-0.1, -0.05) is 13.5 Å². The van der Waals surface area contributed by atoms with Crippen molar-refractivity contribution in [3.05, 3.63) is 24.3 Å². The maximum Gasteiger partial charge on any atom is 0.112 e. The molecule has 0 atom stereocenters. The molecular formula is C8H11ClN2. The second kappa shape index (κ2) is 3.58. The Hall–Kier alpha value is -0.760. The smallest absolute Gasteiger partial charge is 0.112 e. The van der Waals surface area contributed by atoms with Crippen LogP contribution in [0.5, 0.6) is 0 Å². The van der Waals surface area contributed by atoms with Crippen LogP contribution in [0.4, 0.5) is 0 Å². The first-order valence-electron chi connectivity index (χ1n) is 3.57. The summed E-state index contributed by atoms with van der Waals surface area (Å²) >= 11 is 5.62. The highest BCUT2D eigenvalue weighted by Crippen LogP contribution is 2.06. The molecule has 0 aliphatic carbocycles. The van der Waals surface area contributed by atoms with Crippen molar-refractivity contribution in [3.63, 3.8) is 0 Å². The first-order chi connectivity index (χ1) is 5.31. The minimum absolute atomic E-state index is 0.466. The van der Waals surface area contributed by atoms with Crippen LogP contribution in [0, 0.1) is 0 Å². The van der Waals surface area contributed by atoms with E-state index >= 15 is 0 Å². The number of rotatable bonds is 3. The largest absolute Gasteiger partial charge is 0.311 e. The number of aryl methyl sites for hydroxylation is 1. The summed E-state index contributed by atoms with van der Waals surface area (Å²) in [5, 5.41) is 0. The van der Waals surface area contributed by atoms with Crippen LogP contribution < -0.4 is 0 Å². The molecule has 0 spiro atoms. The van der Waals surface area contributed by atoms with Gasteiger partial charge in [-0.15, -0.1) is 11.6 Å². The number of imidazole rings is 1. The van der Waals surface area contributed by atoms with Crippen LogP contribution in [-0.2, 0) is 12.3 Å². The normalized spacial score (nSPS) is 10.0. The molecule has 1 aromatic rings. The summed E-state index contributed by atoms with van der Waals surface area (Å²) in [6.07, 6.45) is 4.55. The second-order valence-electron chi connectivity index (χ2n) is 2.23. The molecule has 0 bridgehead atoms. The third kappa shape index (κ3) is 1.63. The summed E-state index contributed by atoms with van der Waals surface area (Å²) in [5.41, 5.74) is 0.906. The van der Waals surface area contributed by atoms with Crippen molar-refractivity contribution in [1.82, 2.24) is 9.55 Å². The van der Waals surface area contributed by atoms with Gasteiger partial charge in [-0.2, -0.15) is 0 Å². The standard InChI is InChI=1S/C8H11ClN2/c1-3-8-10-7(5-9)6-11(8)4-2/h4,6H,2-3,5H2,1H3. The monoisotopic (exact) mass is 170 g/mol. The van der Waals surface area contributed by atoms with Crippen LogP contribution in [0.2, 0.25) is 0 Å². The summed E-state index contributed by atoms with van der Waals surface area (Å²) in [7, 11) is 0. The first kappa shape index (κ1) is 8.34. The minimum atomic E-state index is 0.466. The molecule has 11 heavy (non-hydrogen) atoms. The number of halogens is 1. The summed E-state index contributed by atoms with van der Waals surface area (Å²) in [6.45, 7) is 5.72. The molecule has 0 aliphatic rings. The van der Waals surface area contributed by atoms with E-state index in [2.05, 4.69) is 18.5 Å². The Bertz CT molecular complexity index is 253. The Morgan fingerprint density at radius 3 is 2.91 bits per heavy atom. The van der Waals surface area contributed by atoms with Gasteiger partial charge in [0.25, 0.3) is 0 Å². The Kier molecular flexibility index (Phi) is 2.71. The van der Waals surface area contributed by atoms with Crippen molar-refractivity contribution in [2.75, 3.05) is 0 Å². The van der Waals surface area contributed by atoms with Crippen LogP contribution in [0.1, 0.15) is 18.4 Å². The quantitative estimate of drug-likeness (QED) is 0.637. The summed E-state index contributed by atoms with van der Waals surface area (Å²) in [4.78, 5) is 4.28. The SMILES string of the molecule is C=Cn1cc(CCl)nc1CC. The van der Waals surface area contributed by atoms with E-state index in [1.165, 1.54) is 0 Å². The van der Waals surface area contributed by atoms with Crippen molar-refractivity contribution in [2.24, 2.45) is 0 Å². The average molecular weight is 171 g/mol. The van der Waals surface area contributed by atoms with Gasteiger partial charge in [0.05, 0.1) is 11.6 Å². The van der Waals surface area contributed by atoms with Crippen LogP contribution in [0.15, 0.2) is 12.8 Å². The minimum Gasteiger partial charge on any atom is -0.311 e. The summed E-state index contributed by atoms with van der Waals surface area (Å²) in [6, 6.07) is 0. The van der Waals surface area contributed by atoms with Gasteiger partial charge in [-0.05, 0) is 0 Å². The molecule has 1 aromatic heterocycles. The lowest BCUT2D eigenvalue weighted by molar-refractivity contribution is 0.921. The van der Waals surface area contributed by atoms with E-state index in [0.29, 0.717) is 5.88 Å². The van der Waals surface area contributed by atoms with E-state index in [4.69, 9.17) is 11.6 Å². The van der Waals surface area contributed by atoms with Crippen molar-refractivity contribution >= 4 is 17.8 Å². The van der Waals surface area contributed by atoms with Crippen molar-refractivity contribution in [2.45, 2.75) is 19.2 Å². The average Bonchev–Trinajstić information content (AvgIpc) is 2.46. The molecule has 0 saturated carbocycles. The molecule has 3 heteroatoms. The first-order valence-corrected chi connectivity index (χ1v) is 4.10. The zero-order valence-corrected chi connectivity index (χ0v) is 7.30. The van der Waals surface area contributed by atoms with Gasteiger partial charge in [0.2, 0.25) is 0 Å². The Morgan fingerprint density at radius 1 is 1.82 bits per heavy atom. The molecule has 0 fully saturated rings. The number of hydrogen-bond donors (Lipinski definition) is 0. The third-order valence-corrected chi connectivity index (χ3v) is 1.78. The van der Waals surface area contributed by atoms with Gasteiger partial charge in [-0.25, -0.2) is 4.98 Å². The molecule has 0 aromatic carbocycles. The number of alkyl halides is 1. The molecule has 1 heterocycles. The lowest BCUT2D eigenvalue weighted by Gasteiger charge is -1.94. The Labute approximate surface area is 71.5 Å². The molecule has 0 saturated heterocycles. The third-order valence-electron chi connectivity index (χ3n) is 1.51. The maximum atomic E-state index is 5.62. The lowest BCUT2D eigenvalue weighted by atomic mass is 10.4. The molecule has 0 radical (unpaired) electrons. The van der Waals surface area contributed by atoms with Gasteiger partial charge in [-0.3, -0.25) is 0 Å². The zero-order chi connectivity index (χ0) is 8.27. The summed E-state index contributed by atoms with van der Waals surface area (Å²) in [5.74, 6) is 1.48. The molecule has 60 valence electrons. The highest BCUT2D eigenvalue weighted by atomic mass is 35.5. The van der Waals surface area contributed by atoms with Gasteiger partial charge in [0, 0.05) is 18.8 Å². The lowest BCUT2D eigenvalue weighted by Crippen LogP contribution is -1.91. The van der Waals surface area contributed by atoms with E-state index in [9.17, 15) is 0 Å². The second-order valence-corrected chi connectivity index (χ2v) is 2.49. The molecule has 2 nitrogen and oxygen atoms in total. The fraction of sp³-hybridized carbons (Fsp3) is 0.375. The van der Waals surface area contributed by atoms with Crippen molar-refractivity contribution < 1.29 is 0 Å². The van der Waals surface area contributed by atoms with Crippen LogP contribution in [-0.4, -0.2) is 9.55 Å². The molecular weight excluding hydrogens is 160 g/mol. The molecule has 0 unspecified atom stereocenters. The molecule has 0 amide bonds. The van der Waals surface area contributed by atoms with Crippen molar-refractivity contribution in [1.29, 1.82) is 0 Å². The highest BCUT2D eigenvalue weighted by Gasteiger charge is 2.01. The predicted octanol–water partition coefficient (Wildman–Crippen LogP) is 2.28. The van der Waals surface area contributed by atoms with Gasteiger partial charge in [0.1, 0.15) is 5.82 Å². The zero-order valence-electron chi connectivity index (χ0n) is 6.55. The van der Waals surface area contributed by atoms with E-state index < -0.39 is 0 Å². The van der Waals surface area contributed by atoms with Crippen molar-refractivity contribution in [3.8, 4) is 0 Å².